The first-order valence-corrected chi connectivity index (χ1v) is 6.65. The van der Waals surface area contributed by atoms with Crippen LogP contribution in [0.1, 0.15) is 31.9 Å². The highest BCUT2D eigenvalue weighted by atomic mass is 15.2. The quantitative estimate of drug-likeness (QED) is 0.802. The first-order chi connectivity index (χ1) is 8.54. The van der Waals surface area contributed by atoms with E-state index in [1.165, 1.54) is 0 Å². The van der Waals surface area contributed by atoms with Crippen molar-refractivity contribution in [3.05, 3.63) is 23.9 Å². The van der Waals surface area contributed by atoms with Gasteiger partial charge < -0.3 is 15.5 Å². The fraction of sp³-hybridized carbons (Fsp3) is 0.643. The van der Waals surface area contributed by atoms with Gasteiger partial charge in [0.25, 0.3) is 0 Å². The number of pyridine rings is 1. The van der Waals surface area contributed by atoms with Crippen molar-refractivity contribution >= 4 is 5.82 Å². The molecule has 1 aromatic heterocycles. The number of hydrogen-bond donors (Lipinski definition) is 1. The number of anilines is 1. The van der Waals surface area contributed by atoms with Crippen molar-refractivity contribution in [3.8, 4) is 0 Å². The molecule has 4 nitrogen and oxygen atoms in total. The molecule has 1 heterocycles. The zero-order valence-corrected chi connectivity index (χ0v) is 12.1. The second-order valence-corrected chi connectivity index (χ2v) is 4.97. The third kappa shape index (κ3) is 4.63. The first kappa shape index (κ1) is 14.9. The van der Waals surface area contributed by atoms with Crippen molar-refractivity contribution in [2.75, 3.05) is 38.6 Å². The van der Waals surface area contributed by atoms with Gasteiger partial charge in [0, 0.05) is 25.3 Å². The van der Waals surface area contributed by atoms with E-state index in [0.29, 0.717) is 0 Å². The lowest BCUT2D eigenvalue weighted by atomic mass is 10.1. The Labute approximate surface area is 111 Å². The summed E-state index contributed by atoms with van der Waals surface area (Å²) in [6.45, 7) is 7.27. The van der Waals surface area contributed by atoms with Crippen LogP contribution in [0.3, 0.4) is 0 Å². The summed E-state index contributed by atoms with van der Waals surface area (Å²) in [5, 5.41) is 0. The molecule has 0 spiro atoms. The second-order valence-electron chi connectivity index (χ2n) is 4.97. The zero-order valence-electron chi connectivity index (χ0n) is 12.1. The summed E-state index contributed by atoms with van der Waals surface area (Å²) in [5.74, 6) is 1.04. The highest BCUT2D eigenvalue weighted by Crippen LogP contribution is 2.14. The van der Waals surface area contributed by atoms with Crippen LogP contribution in [0.5, 0.6) is 0 Å². The number of nitrogens with zero attached hydrogens (tertiary/aromatic N) is 3. The Morgan fingerprint density at radius 3 is 2.44 bits per heavy atom. The lowest BCUT2D eigenvalue weighted by molar-refractivity contribution is 0.400. The molecule has 0 bridgehead atoms. The number of rotatable bonds is 7. The molecule has 1 aromatic rings. The molecule has 1 rings (SSSR count). The lowest BCUT2D eigenvalue weighted by Crippen LogP contribution is -2.27. The molecule has 0 amide bonds. The molecule has 0 saturated carbocycles. The number of nitrogens with two attached hydrogens (primary N) is 1. The SMILES string of the molecule is CCN(CCCN(C)C)c1ccc([C@H](C)N)cn1. The standard InChI is InChI=1S/C14H26N4/c1-5-18(10-6-9-17(3)4)14-8-7-13(11-16-14)12(2)15/h7-8,11-12H,5-6,9-10,15H2,1-4H3/t12-/m0/s1. The smallest absolute Gasteiger partial charge is 0.128 e. The summed E-state index contributed by atoms with van der Waals surface area (Å²) in [5.41, 5.74) is 6.91. The molecule has 1 atom stereocenters. The van der Waals surface area contributed by atoms with E-state index in [-0.39, 0.29) is 6.04 Å². The van der Waals surface area contributed by atoms with Crippen LogP contribution in [-0.2, 0) is 0 Å². The molecule has 0 aromatic carbocycles. The molecule has 102 valence electrons. The molecule has 18 heavy (non-hydrogen) atoms. The predicted octanol–water partition coefficient (Wildman–Crippen LogP) is 1.88. The highest BCUT2D eigenvalue weighted by molar-refractivity contribution is 5.39. The largest absolute Gasteiger partial charge is 0.357 e. The Morgan fingerprint density at radius 2 is 2.00 bits per heavy atom. The van der Waals surface area contributed by atoms with E-state index in [4.69, 9.17) is 5.73 Å². The molecule has 2 N–H and O–H groups in total. The lowest BCUT2D eigenvalue weighted by Gasteiger charge is -2.23. The van der Waals surface area contributed by atoms with E-state index in [2.05, 4.69) is 47.9 Å². The molecule has 0 radical (unpaired) electrons. The zero-order chi connectivity index (χ0) is 13.5. The van der Waals surface area contributed by atoms with E-state index in [1.807, 2.05) is 13.1 Å². The Bertz CT molecular complexity index is 332. The normalized spacial score (nSPS) is 12.8. The summed E-state index contributed by atoms with van der Waals surface area (Å²) in [6, 6.07) is 4.19. The molecular formula is C14H26N4. The minimum atomic E-state index is 0.0513. The number of hydrogen-bond acceptors (Lipinski definition) is 4. The Morgan fingerprint density at radius 1 is 1.28 bits per heavy atom. The van der Waals surface area contributed by atoms with E-state index < -0.39 is 0 Å². The van der Waals surface area contributed by atoms with Crippen molar-refractivity contribution in [2.45, 2.75) is 26.3 Å². The maximum absolute atomic E-state index is 5.83. The minimum absolute atomic E-state index is 0.0513. The van der Waals surface area contributed by atoms with Gasteiger partial charge in [-0.05, 0) is 52.5 Å². The van der Waals surface area contributed by atoms with Gasteiger partial charge in [-0.2, -0.15) is 0 Å². The van der Waals surface area contributed by atoms with Gasteiger partial charge in [-0.15, -0.1) is 0 Å². The van der Waals surface area contributed by atoms with Crippen LogP contribution in [0.15, 0.2) is 18.3 Å². The van der Waals surface area contributed by atoms with Gasteiger partial charge in [0.05, 0.1) is 0 Å². The maximum atomic E-state index is 5.83. The van der Waals surface area contributed by atoms with Crippen LogP contribution in [0.25, 0.3) is 0 Å². The number of aromatic nitrogens is 1. The minimum Gasteiger partial charge on any atom is -0.357 e. The van der Waals surface area contributed by atoms with E-state index in [1.54, 1.807) is 0 Å². The van der Waals surface area contributed by atoms with Gasteiger partial charge in [0.15, 0.2) is 0 Å². The van der Waals surface area contributed by atoms with E-state index in [0.717, 1.165) is 37.4 Å². The van der Waals surface area contributed by atoms with Crippen LogP contribution in [0.2, 0.25) is 0 Å². The summed E-state index contributed by atoms with van der Waals surface area (Å²) < 4.78 is 0. The fourth-order valence-corrected chi connectivity index (χ4v) is 1.87. The molecule has 0 fully saturated rings. The average Bonchev–Trinajstić information content (AvgIpc) is 2.34. The second kappa shape index (κ2) is 7.34. The Hall–Kier alpha value is -1.13. The Kier molecular flexibility index (Phi) is 6.09. The fourth-order valence-electron chi connectivity index (χ4n) is 1.87. The molecule has 0 aliphatic heterocycles. The van der Waals surface area contributed by atoms with Gasteiger partial charge >= 0.3 is 0 Å². The summed E-state index contributed by atoms with van der Waals surface area (Å²) in [6.07, 6.45) is 3.03. The van der Waals surface area contributed by atoms with Crippen molar-refractivity contribution in [1.82, 2.24) is 9.88 Å². The third-order valence-electron chi connectivity index (χ3n) is 3.04. The van der Waals surface area contributed by atoms with Crippen molar-refractivity contribution in [3.63, 3.8) is 0 Å². The van der Waals surface area contributed by atoms with Crippen LogP contribution >= 0.6 is 0 Å². The van der Waals surface area contributed by atoms with Gasteiger partial charge in [0.2, 0.25) is 0 Å². The molecular weight excluding hydrogens is 224 g/mol. The van der Waals surface area contributed by atoms with Crippen LogP contribution in [0.4, 0.5) is 5.82 Å². The molecule has 0 aliphatic rings. The van der Waals surface area contributed by atoms with Gasteiger partial charge in [0.1, 0.15) is 5.82 Å². The average molecular weight is 250 g/mol. The Balaban J connectivity index is 2.58. The summed E-state index contributed by atoms with van der Waals surface area (Å²) >= 11 is 0. The van der Waals surface area contributed by atoms with E-state index >= 15 is 0 Å². The van der Waals surface area contributed by atoms with Crippen molar-refractivity contribution in [2.24, 2.45) is 5.73 Å². The monoisotopic (exact) mass is 250 g/mol. The van der Waals surface area contributed by atoms with Gasteiger partial charge in [-0.1, -0.05) is 6.07 Å². The molecule has 4 heteroatoms. The van der Waals surface area contributed by atoms with Gasteiger partial charge in [-0.25, -0.2) is 4.98 Å². The predicted molar refractivity (Wildman–Crippen MR) is 77.9 cm³/mol. The van der Waals surface area contributed by atoms with Crippen LogP contribution < -0.4 is 10.6 Å². The summed E-state index contributed by atoms with van der Waals surface area (Å²) in [7, 11) is 4.21. The first-order valence-electron chi connectivity index (χ1n) is 6.65. The van der Waals surface area contributed by atoms with Crippen LogP contribution in [-0.4, -0.2) is 43.6 Å². The maximum Gasteiger partial charge on any atom is 0.128 e. The summed E-state index contributed by atoms with van der Waals surface area (Å²) in [4.78, 5) is 9.01. The van der Waals surface area contributed by atoms with Crippen molar-refractivity contribution < 1.29 is 0 Å². The van der Waals surface area contributed by atoms with Crippen molar-refractivity contribution in [1.29, 1.82) is 0 Å². The highest BCUT2D eigenvalue weighted by Gasteiger charge is 2.06. The molecule has 0 unspecified atom stereocenters. The molecule has 0 saturated heterocycles. The molecule has 0 aliphatic carbocycles. The van der Waals surface area contributed by atoms with Gasteiger partial charge in [-0.3, -0.25) is 0 Å². The third-order valence-corrected chi connectivity index (χ3v) is 3.04. The van der Waals surface area contributed by atoms with E-state index in [9.17, 15) is 0 Å². The topological polar surface area (TPSA) is 45.4 Å². The van der Waals surface area contributed by atoms with Crippen LogP contribution in [0, 0.1) is 0 Å².